The Hall–Kier alpha value is -1.32. The maximum atomic E-state index is 11.5. The summed E-state index contributed by atoms with van der Waals surface area (Å²) < 4.78 is 5.06. The molecule has 0 aliphatic rings. The lowest BCUT2D eigenvalue weighted by molar-refractivity contribution is -0.142. The topological polar surface area (TPSA) is 63.6 Å². The molecule has 0 spiro atoms. The molecule has 0 aliphatic carbocycles. The van der Waals surface area contributed by atoms with Crippen LogP contribution in [0.1, 0.15) is 180 Å². The predicted octanol–water partition coefficient (Wildman–Crippen LogP) is 10.7. The third-order valence-corrected chi connectivity index (χ3v) is 7.38. The van der Waals surface area contributed by atoms with E-state index in [0.717, 1.165) is 12.8 Å². The van der Waals surface area contributed by atoms with Gasteiger partial charge in [-0.3, -0.25) is 4.79 Å². The molecule has 37 heavy (non-hydrogen) atoms. The Morgan fingerprint density at radius 3 is 1.05 bits per heavy atom. The molecule has 0 aromatic carbocycles. The molecule has 1 N–H and O–H groups in total. The van der Waals surface area contributed by atoms with E-state index in [9.17, 15) is 9.59 Å². The van der Waals surface area contributed by atoms with Gasteiger partial charge in [-0.1, -0.05) is 174 Å². The molecule has 0 aromatic rings. The van der Waals surface area contributed by atoms with Crippen molar-refractivity contribution in [2.24, 2.45) is 0 Å². The maximum Gasteiger partial charge on any atom is 0.333 e. The minimum atomic E-state index is -1.05. The second-order valence-electron chi connectivity index (χ2n) is 11.1. The Morgan fingerprint density at radius 2 is 0.784 bits per heavy atom. The van der Waals surface area contributed by atoms with Crippen molar-refractivity contribution in [3.8, 4) is 0 Å². The van der Waals surface area contributed by atoms with Gasteiger partial charge in [0.2, 0.25) is 0 Å². The summed E-state index contributed by atoms with van der Waals surface area (Å²) in [6, 6.07) is 0. The molecule has 0 saturated carbocycles. The summed E-state index contributed by atoms with van der Waals surface area (Å²) in [4.78, 5) is 22.1. The molecule has 0 heterocycles. The van der Waals surface area contributed by atoms with E-state index in [1.165, 1.54) is 154 Å². The Morgan fingerprint density at radius 1 is 0.514 bits per heavy atom. The van der Waals surface area contributed by atoms with Crippen LogP contribution in [0.3, 0.4) is 0 Å². The summed E-state index contributed by atoms with van der Waals surface area (Å²) in [5, 5.41) is 8.64. The number of aliphatic carboxylic acids is 1. The molecule has 0 rings (SSSR count). The number of esters is 1. The van der Waals surface area contributed by atoms with E-state index < -0.39 is 11.9 Å². The average Bonchev–Trinajstić information content (AvgIpc) is 2.87. The second-order valence-corrected chi connectivity index (χ2v) is 11.1. The number of rotatable bonds is 30. The van der Waals surface area contributed by atoms with E-state index in [1.807, 2.05) is 0 Å². The summed E-state index contributed by atoms with van der Waals surface area (Å²) >= 11 is 0. The minimum Gasteiger partial charge on any atom is -0.481 e. The van der Waals surface area contributed by atoms with Crippen molar-refractivity contribution in [2.45, 2.75) is 180 Å². The Balaban J connectivity index is 3.13. The maximum absolute atomic E-state index is 11.5. The molecule has 0 bridgehead atoms. The molecule has 0 aliphatic heterocycles. The van der Waals surface area contributed by atoms with Crippen molar-refractivity contribution in [3.63, 3.8) is 0 Å². The van der Waals surface area contributed by atoms with Crippen LogP contribution in [-0.4, -0.2) is 23.7 Å². The van der Waals surface area contributed by atoms with Crippen molar-refractivity contribution in [1.82, 2.24) is 0 Å². The second kappa shape index (κ2) is 29.2. The average molecular weight is 523 g/mol. The van der Waals surface area contributed by atoms with Gasteiger partial charge in [0.1, 0.15) is 0 Å². The number of ether oxygens (including phenoxy) is 1. The highest BCUT2D eigenvalue weighted by Crippen LogP contribution is 2.16. The molecule has 4 nitrogen and oxygen atoms in total. The molecule has 218 valence electrons. The number of carboxylic acid groups (broad SMARTS) is 1. The lowest BCUT2D eigenvalue weighted by Gasteiger charge is -2.06. The third-order valence-electron chi connectivity index (χ3n) is 7.38. The van der Waals surface area contributed by atoms with Crippen LogP contribution in [-0.2, 0) is 14.3 Å². The molecular formula is C33H62O4. The van der Waals surface area contributed by atoms with Crippen molar-refractivity contribution in [2.75, 3.05) is 6.61 Å². The normalized spacial score (nSPS) is 11.1. The zero-order valence-corrected chi connectivity index (χ0v) is 24.7. The van der Waals surface area contributed by atoms with Gasteiger partial charge in [-0.15, -0.1) is 0 Å². The van der Waals surface area contributed by atoms with Crippen molar-refractivity contribution in [3.05, 3.63) is 12.2 Å². The van der Waals surface area contributed by atoms with Gasteiger partial charge in [-0.05, 0) is 6.42 Å². The summed E-state index contributed by atoms with van der Waals surface area (Å²) in [5.41, 5.74) is 0.0160. The summed E-state index contributed by atoms with van der Waals surface area (Å²) in [6.45, 7) is 6.10. The van der Waals surface area contributed by atoms with Crippen LogP contribution in [0, 0.1) is 0 Å². The van der Waals surface area contributed by atoms with Gasteiger partial charge in [-0.2, -0.15) is 0 Å². The molecule has 0 unspecified atom stereocenters. The van der Waals surface area contributed by atoms with Gasteiger partial charge < -0.3 is 9.84 Å². The number of carbonyl (C=O) groups excluding carboxylic acids is 1. The largest absolute Gasteiger partial charge is 0.481 e. The van der Waals surface area contributed by atoms with Crippen LogP contribution in [0.2, 0.25) is 0 Å². The van der Waals surface area contributed by atoms with Crippen LogP contribution < -0.4 is 0 Å². The highest BCUT2D eigenvalue weighted by atomic mass is 16.5. The molecule has 0 amide bonds. The van der Waals surface area contributed by atoms with Gasteiger partial charge in [-0.25, -0.2) is 4.79 Å². The number of hydrogen-bond acceptors (Lipinski definition) is 3. The fourth-order valence-corrected chi connectivity index (χ4v) is 4.94. The van der Waals surface area contributed by atoms with E-state index in [-0.39, 0.29) is 12.0 Å². The third kappa shape index (κ3) is 29.1. The van der Waals surface area contributed by atoms with E-state index in [4.69, 9.17) is 9.84 Å². The number of carbonyl (C=O) groups is 2. The first-order valence-corrected chi connectivity index (χ1v) is 16.1. The van der Waals surface area contributed by atoms with E-state index >= 15 is 0 Å². The molecule has 0 aromatic heterocycles. The lowest BCUT2D eigenvalue weighted by atomic mass is 10.0. The Kier molecular flexibility index (Phi) is 28.2. The molecular weight excluding hydrogens is 460 g/mol. The highest BCUT2D eigenvalue weighted by molar-refractivity contribution is 5.92. The van der Waals surface area contributed by atoms with Gasteiger partial charge in [0.15, 0.2) is 0 Å². The summed E-state index contributed by atoms with van der Waals surface area (Å²) in [7, 11) is 0. The number of carboxylic acids is 1. The summed E-state index contributed by atoms with van der Waals surface area (Å²) in [6.07, 6.45) is 35.2. The molecule has 0 atom stereocenters. The Bertz CT molecular complexity index is 528. The monoisotopic (exact) mass is 522 g/mol. The van der Waals surface area contributed by atoms with Crippen LogP contribution in [0.15, 0.2) is 12.2 Å². The Labute approximate surface area is 230 Å². The SMILES string of the molecule is C=C(CC(=O)O)C(=O)OCCCCCCCCCCCCCCCCCCCCCCCCCCCC. The first-order valence-electron chi connectivity index (χ1n) is 16.1. The predicted molar refractivity (Wildman–Crippen MR) is 158 cm³/mol. The van der Waals surface area contributed by atoms with Crippen molar-refractivity contribution in [1.29, 1.82) is 0 Å². The fraction of sp³-hybridized carbons (Fsp3) is 0.879. The zero-order chi connectivity index (χ0) is 27.2. The van der Waals surface area contributed by atoms with Gasteiger partial charge >= 0.3 is 11.9 Å². The van der Waals surface area contributed by atoms with Crippen LogP contribution in [0.25, 0.3) is 0 Å². The molecule has 0 radical (unpaired) electrons. The van der Waals surface area contributed by atoms with Crippen LogP contribution in [0.4, 0.5) is 0 Å². The highest BCUT2D eigenvalue weighted by Gasteiger charge is 2.11. The van der Waals surface area contributed by atoms with E-state index in [1.54, 1.807) is 0 Å². The van der Waals surface area contributed by atoms with Crippen molar-refractivity contribution < 1.29 is 19.4 Å². The van der Waals surface area contributed by atoms with Gasteiger partial charge in [0.25, 0.3) is 0 Å². The van der Waals surface area contributed by atoms with Gasteiger partial charge in [0, 0.05) is 5.57 Å². The smallest absolute Gasteiger partial charge is 0.333 e. The fourth-order valence-electron chi connectivity index (χ4n) is 4.94. The van der Waals surface area contributed by atoms with E-state index in [2.05, 4.69) is 13.5 Å². The van der Waals surface area contributed by atoms with Crippen molar-refractivity contribution >= 4 is 11.9 Å². The molecule has 4 heteroatoms. The van der Waals surface area contributed by atoms with Crippen LogP contribution in [0.5, 0.6) is 0 Å². The first kappa shape index (κ1) is 35.7. The quantitative estimate of drug-likeness (QED) is 0.0578. The standard InChI is InChI=1S/C33H62O4/c1-3-4-5-6-7-8-9-10-11-12-13-14-15-16-17-18-19-20-21-22-23-24-25-26-27-28-29-37-33(36)31(2)30-32(34)35/h2-30H2,1H3,(H,34,35). The molecule has 0 saturated heterocycles. The minimum absolute atomic E-state index is 0.0160. The van der Waals surface area contributed by atoms with Crippen LogP contribution >= 0.6 is 0 Å². The number of hydrogen-bond donors (Lipinski definition) is 1. The van der Waals surface area contributed by atoms with Gasteiger partial charge in [0.05, 0.1) is 13.0 Å². The first-order chi connectivity index (χ1) is 18.1. The number of unbranched alkanes of at least 4 members (excludes halogenated alkanes) is 25. The zero-order valence-electron chi connectivity index (χ0n) is 24.7. The lowest BCUT2D eigenvalue weighted by Crippen LogP contribution is -2.11. The summed E-state index contributed by atoms with van der Waals surface area (Å²) in [5.74, 6) is -1.64. The molecule has 0 fully saturated rings. The van der Waals surface area contributed by atoms with E-state index in [0.29, 0.717) is 6.61 Å².